The van der Waals surface area contributed by atoms with Crippen LogP contribution < -0.4 is 11.1 Å². The highest BCUT2D eigenvalue weighted by Gasteiger charge is 2.20. The Morgan fingerprint density at radius 1 is 1.15 bits per heavy atom. The minimum Gasteiger partial charge on any atom is -0.366 e. The maximum absolute atomic E-state index is 12.4. The van der Waals surface area contributed by atoms with E-state index >= 15 is 0 Å². The Morgan fingerprint density at radius 2 is 1.88 bits per heavy atom. The number of carbonyl (C=O) groups is 3. The number of amides is 3. The molecule has 0 aromatic heterocycles. The quantitative estimate of drug-likeness (QED) is 0.846. The number of hydrogen-bond acceptors (Lipinski definition) is 3. The molecule has 1 heterocycles. The first-order valence-corrected chi connectivity index (χ1v) is 8.59. The first kappa shape index (κ1) is 17.9. The molecule has 0 saturated carbocycles. The first-order valence-electron chi connectivity index (χ1n) is 8.21. The lowest BCUT2D eigenvalue weighted by molar-refractivity contribution is -0.128. The van der Waals surface area contributed by atoms with Gasteiger partial charge in [-0.05, 0) is 42.3 Å². The molecule has 26 heavy (non-hydrogen) atoms. The van der Waals surface area contributed by atoms with Crippen LogP contribution in [-0.2, 0) is 11.3 Å². The summed E-state index contributed by atoms with van der Waals surface area (Å²) in [4.78, 5) is 37.2. The highest BCUT2D eigenvalue weighted by atomic mass is 35.5. The van der Waals surface area contributed by atoms with Gasteiger partial charge in [0.1, 0.15) is 0 Å². The van der Waals surface area contributed by atoms with Crippen LogP contribution in [0, 0.1) is 0 Å². The van der Waals surface area contributed by atoms with E-state index in [-0.39, 0.29) is 22.4 Å². The van der Waals surface area contributed by atoms with Crippen molar-refractivity contribution >= 4 is 35.0 Å². The smallest absolute Gasteiger partial charge is 0.255 e. The SMILES string of the molecule is NC(=O)c1cc(NC(=O)c2ccc(CN3CCCC3=O)cc2)ccc1Cl. The van der Waals surface area contributed by atoms with Gasteiger partial charge in [0.15, 0.2) is 0 Å². The molecule has 1 aliphatic heterocycles. The third-order valence-corrected chi connectivity index (χ3v) is 4.58. The van der Waals surface area contributed by atoms with Crippen LogP contribution in [0.4, 0.5) is 5.69 Å². The molecule has 3 N–H and O–H groups in total. The molecule has 3 rings (SSSR count). The van der Waals surface area contributed by atoms with Crippen LogP contribution in [0.1, 0.15) is 39.1 Å². The molecule has 0 aliphatic carbocycles. The van der Waals surface area contributed by atoms with Gasteiger partial charge in [-0.25, -0.2) is 0 Å². The Kier molecular flexibility index (Phi) is 5.23. The minimum atomic E-state index is -0.660. The molecule has 6 nitrogen and oxygen atoms in total. The second-order valence-corrected chi connectivity index (χ2v) is 6.54. The van der Waals surface area contributed by atoms with E-state index in [1.807, 2.05) is 17.0 Å². The molecule has 3 amide bonds. The fourth-order valence-corrected chi connectivity index (χ4v) is 3.06. The van der Waals surface area contributed by atoms with E-state index in [0.717, 1.165) is 18.5 Å². The topological polar surface area (TPSA) is 92.5 Å². The summed E-state index contributed by atoms with van der Waals surface area (Å²) in [5.74, 6) is -0.807. The molecule has 0 radical (unpaired) electrons. The Bertz CT molecular complexity index is 865. The number of nitrogens with two attached hydrogens (primary N) is 1. The van der Waals surface area contributed by atoms with Gasteiger partial charge in [0.25, 0.3) is 5.91 Å². The van der Waals surface area contributed by atoms with Gasteiger partial charge in [-0.15, -0.1) is 0 Å². The zero-order valence-electron chi connectivity index (χ0n) is 14.0. The number of halogens is 1. The number of nitrogens with one attached hydrogen (secondary N) is 1. The Labute approximate surface area is 155 Å². The molecule has 2 aromatic rings. The third kappa shape index (κ3) is 4.03. The molecular formula is C19H18ClN3O3. The number of likely N-dealkylation sites (tertiary alicyclic amines) is 1. The molecule has 0 spiro atoms. The van der Waals surface area contributed by atoms with Crippen LogP contribution in [0.5, 0.6) is 0 Å². The number of primary amides is 1. The number of benzene rings is 2. The summed E-state index contributed by atoms with van der Waals surface area (Å²) >= 11 is 5.90. The minimum absolute atomic E-state index is 0.148. The summed E-state index contributed by atoms with van der Waals surface area (Å²) in [5, 5.41) is 2.94. The van der Waals surface area contributed by atoms with E-state index in [9.17, 15) is 14.4 Å². The van der Waals surface area contributed by atoms with E-state index in [4.69, 9.17) is 17.3 Å². The van der Waals surface area contributed by atoms with E-state index in [2.05, 4.69) is 5.32 Å². The van der Waals surface area contributed by atoms with Crippen LogP contribution in [0.2, 0.25) is 5.02 Å². The van der Waals surface area contributed by atoms with Crippen LogP contribution in [0.25, 0.3) is 0 Å². The van der Waals surface area contributed by atoms with Gasteiger partial charge >= 0.3 is 0 Å². The summed E-state index contributed by atoms with van der Waals surface area (Å²) in [5.41, 5.74) is 7.27. The summed E-state index contributed by atoms with van der Waals surface area (Å²) in [6, 6.07) is 11.6. The van der Waals surface area contributed by atoms with Gasteiger partial charge in [0.2, 0.25) is 11.8 Å². The number of nitrogens with zero attached hydrogens (tertiary/aromatic N) is 1. The lowest BCUT2D eigenvalue weighted by Gasteiger charge is -2.15. The van der Waals surface area contributed by atoms with Crippen LogP contribution in [0.15, 0.2) is 42.5 Å². The molecule has 0 unspecified atom stereocenters. The molecule has 134 valence electrons. The molecule has 0 bridgehead atoms. The average molecular weight is 372 g/mol. The fraction of sp³-hybridized carbons (Fsp3) is 0.211. The van der Waals surface area contributed by atoms with Crippen molar-refractivity contribution < 1.29 is 14.4 Å². The predicted octanol–water partition coefficient (Wildman–Crippen LogP) is 2.81. The fourth-order valence-electron chi connectivity index (χ4n) is 2.85. The third-order valence-electron chi connectivity index (χ3n) is 4.25. The molecule has 2 aromatic carbocycles. The monoisotopic (exact) mass is 371 g/mol. The average Bonchev–Trinajstić information content (AvgIpc) is 3.02. The van der Waals surface area contributed by atoms with E-state index < -0.39 is 5.91 Å². The van der Waals surface area contributed by atoms with E-state index in [1.54, 1.807) is 18.2 Å². The molecule has 1 saturated heterocycles. The Hall–Kier alpha value is -2.86. The van der Waals surface area contributed by atoms with Gasteiger partial charge in [-0.1, -0.05) is 23.7 Å². The largest absolute Gasteiger partial charge is 0.366 e. The summed E-state index contributed by atoms with van der Waals surface area (Å²) in [6.07, 6.45) is 1.50. The summed E-state index contributed by atoms with van der Waals surface area (Å²) in [7, 11) is 0. The van der Waals surface area contributed by atoms with E-state index in [1.165, 1.54) is 12.1 Å². The van der Waals surface area contributed by atoms with Crippen molar-refractivity contribution in [3.63, 3.8) is 0 Å². The van der Waals surface area contributed by atoms with Crippen molar-refractivity contribution in [3.05, 3.63) is 64.2 Å². The molecule has 1 fully saturated rings. The number of anilines is 1. The maximum Gasteiger partial charge on any atom is 0.255 e. The van der Waals surface area contributed by atoms with Gasteiger partial charge < -0.3 is 16.0 Å². The standard InChI is InChI=1S/C19H18ClN3O3/c20-16-8-7-14(10-15(16)18(21)25)22-19(26)13-5-3-12(4-6-13)11-23-9-1-2-17(23)24/h3-8,10H,1-2,9,11H2,(H2,21,25)(H,22,26). The van der Waals surface area contributed by atoms with Crippen molar-refractivity contribution in [1.82, 2.24) is 4.90 Å². The predicted molar refractivity (Wildman–Crippen MR) is 99.0 cm³/mol. The Balaban J connectivity index is 1.67. The Morgan fingerprint density at radius 3 is 2.50 bits per heavy atom. The van der Waals surface area contributed by atoms with Gasteiger partial charge in [0, 0.05) is 30.8 Å². The second-order valence-electron chi connectivity index (χ2n) is 6.13. The second kappa shape index (κ2) is 7.58. The van der Waals surface area contributed by atoms with Gasteiger partial charge in [-0.2, -0.15) is 0 Å². The summed E-state index contributed by atoms with van der Waals surface area (Å²) < 4.78 is 0. The van der Waals surface area contributed by atoms with Gasteiger partial charge in [0.05, 0.1) is 10.6 Å². The molecule has 7 heteroatoms. The van der Waals surface area contributed by atoms with Crippen LogP contribution in [-0.4, -0.2) is 29.2 Å². The van der Waals surface area contributed by atoms with Crippen molar-refractivity contribution in [3.8, 4) is 0 Å². The lowest BCUT2D eigenvalue weighted by Crippen LogP contribution is -2.23. The van der Waals surface area contributed by atoms with Crippen molar-refractivity contribution in [2.75, 3.05) is 11.9 Å². The zero-order valence-corrected chi connectivity index (χ0v) is 14.8. The van der Waals surface area contributed by atoms with Gasteiger partial charge in [-0.3, -0.25) is 14.4 Å². The molecule has 0 atom stereocenters. The maximum atomic E-state index is 12.4. The lowest BCUT2D eigenvalue weighted by atomic mass is 10.1. The van der Waals surface area contributed by atoms with E-state index in [0.29, 0.717) is 24.2 Å². The highest BCUT2D eigenvalue weighted by molar-refractivity contribution is 6.34. The zero-order chi connectivity index (χ0) is 18.7. The number of carbonyl (C=O) groups excluding carboxylic acids is 3. The van der Waals surface area contributed by atoms with Crippen molar-refractivity contribution in [1.29, 1.82) is 0 Å². The summed E-state index contributed by atoms with van der Waals surface area (Å²) in [6.45, 7) is 1.33. The van der Waals surface area contributed by atoms with Crippen LogP contribution in [0.3, 0.4) is 0 Å². The normalized spacial score (nSPS) is 13.7. The van der Waals surface area contributed by atoms with Crippen LogP contribution >= 0.6 is 11.6 Å². The van der Waals surface area contributed by atoms with Crippen molar-refractivity contribution in [2.45, 2.75) is 19.4 Å². The molecular weight excluding hydrogens is 354 g/mol. The highest BCUT2D eigenvalue weighted by Crippen LogP contribution is 2.21. The number of rotatable bonds is 5. The number of hydrogen-bond donors (Lipinski definition) is 2. The first-order chi connectivity index (χ1) is 12.4. The van der Waals surface area contributed by atoms with Crippen molar-refractivity contribution in [2.24, 2.45) is 5.73 Å². The molecule has 1 aliphatic rings.